The standard InChI is InChI=1S/C13H21N3O4S/c1-9-11(7-12(20-9)21(18,19)14-2)13(17)16-6-4-10-3-5-15-8-10/h7,10,14-15H,3-6,8H2,1-2H3,(H,16,17). The lowest BCUT2D eigenvalue weighted by atomic mass is 10.1. The van der Waals surface area contributed by atoms with Gasteiger partial charge >= 0.3 is 0 Å². The van der Waals surface area contributed by atoms with Crippen LogP contribution in [-0.4, -0.2) is 41.0 Å². The van der Waals surface area contributed by atoms with Crippen molar-refractivity contribution < 1.29 is 17.6 Å². The van der Waals surface area contributed by atoms with E-state index in [0.29, 0.717) is 18.2 Å². The normalized spacial score (nSPS) is 18.9. The van der Waals surface area contributed by atoms with Gasteiger partial charge in [-0.1, -0.05) is 0 Å². The van der Waals surface area contributed by atoms with E-state index in [4.69, 9.17) is 4.42 Å². The van der Waals surface area contributed by atoms with Crippen LogP contribution in [0.25, 0.3) is 0 Å². The molecule has 118 valence electrons. The third-order valence-corrected chi connectivity index (χ3v) is 4.94. The molecule has 21 heavy (non-hydrogen) atoms. The first-order valence-electron chi connectivity index (χ1n) is 6.97. The molecule has 1 unspecified atom stereocenters. The van der Waals surface area contributed by atoms with Crippen LogP contribution in [-0.2, 0) is 10.0 Å². The summed E-state index contributed by atoms with van der Waals surface area (Å²) in [6.07, 6.45) is 2.04. The first-order chi connectivity index (χ1) is 9.94. The van der Waals surface area contributed by atoms with Gasteiger partial charge in [0.1, 0.15) is 5.76 Å². The second-order valence-corrected chi connectivity index (χ2v) is 6.96. The van der Waals surface area contributed by atoms with E-state index in [0.717, 1.165) is 25.9 Å². The van der Waals surface area contributed by atoms with Gasteiger partial charge in [0, 0.05) is 12.6 Å². The van der Waals surface area contributed by atoms with Crippen molar-refractivity contribution in [1.29, 1.82) is 0 Å². The van der Waals surface area contributed by atoms with Gasteiger partial charge in [-0.05, 0) is 45.8 Å². The minimum absolute atomic E-state index is 0.243. The molecule has 7 nitrogen and oxygen atoms in total. The molecular formula is C13H21N3O4S. The number of carbonyl (C=O) groups is 1. The van der Waals surface area contributed by atoms with Gasteiger partial charge in [-0.15, -0.1) is 0 Å². The van der Waals surface area contributed by atoms with E-state index in [1.54, 1.807) is 6.92 Å². The van der Waals surface area contributed by atoms with Gasteiger partial charge < -0.3 is 15.1 Å². The van der Waals surface area contributed by atoms with E-state index >= 15 is 0 Å². The fraction of sp³-hybridized carbons (Fsp3) is 0.615. The second-order valence-electron chi connectivity index (χ2n) is 5.15. The van der Waals surface area contributed by atoms with Crippen LogP contribution in [0.4, 0.5) is 0 Å². The maximum absolute atomic E-state index is 12.1. The number of hydrogen-bond donors (Lipinski definition) is 3. The number of aryl methyl sites for hydroxylation is 1. The van der Waals surface area contributed by atoms with E-state index in [9.17, 15) is 13.2 Å². The third kappa shape index (κ3) is 3.84. The zero-order valence-electron chi connectivity index (χ0n) is 12.2. The number of carbonyl (C=O) groups excluding carboxylic acids is 1. The molecule has 1 aromatic heterocycles. The first kappa shape index (κ1) is 16.0. The Bertz CT molecular complexity index is 603. The van der Waals surface area contributed by atoms with Gasteiger partial charge in [0.15, 0.2) is 0 Å². The van der Waals surface area contributed by atoms with Crippen molar-refractivity contribution in [3.63, 3.8) is 0 Å². The molecule has 1 aromatic rings. The van der Waals surface area contributed by atoms with Crippen LogP contribution >= 0.6 is 0 Å². The molecule has 0 aliphatic carbocycles. The summed E-state index contributed by atoms with van der Waals surface area (Å²) in [5, 5.41) is 5.84. The maximum atomic E-state index is 12.1. The summed E-state index contributed by atoms with van der Waals surface area (Å²) in [5.41, 5.74) is 0.258. The predicted octanol–water partition coefficient (Wildman–Crippen LogP) is 0.226. The molecular weight excluding hydrogens is 294 g/mol. The minimum atomic E-state index is -3.67. The number of nitrogens with one attached hydrogen (secondary N) is 3. The average Bonchev–Trinajstić information content (AvgIpc) is 3.08. The highest BCUT2D eigenvalue weighted by Crippen LogP contribution is 2.19. The Morgan fingerprint density at radius 2 is 2.29 bits per heavy atom. The molecule has 2 rings (SSSR count). The Labute approximate surface area is 124 Å². The Kier molecular flexibility index (Phi) is 5.02. The molecule has 3 N–H and O–H groups in total. The van der Waals surface area contributed by atoms with Crippen LogP contribution in [0.1, 0.15) is 29.0 Å². The average molecular weight is 315 g/mol. The van der Waals surface area contributed by atoms with Gasteiger partial charge in [0.05, 0.1) is 5.56 Å². The molecule has 0 bridgehead atoms. The number of hydrogen-bond acceptors (Lipinski definition) is 5. The van der Waals surface area contributed by atoms with Crippen molar-refractivity contribution in [2.45, 2.75) is 24.9 Å². The molecule has 1 aliphatic rings. The Hall–Kier alpha value is -1.38. The van der Waals surface area contributed by atoms with Crippen molar-refractivity contribution >= 4 is 15.9 Å². The zero-order chi connectivity index (χ0) is 15.5. The van der Waals surface area contributed by atoms with Crippen molar-refractivity contribution in [1.82, 2.24) is 15.4 Å². The summed E-state index contributed by atoms with van der Waals surface area (Å²) in [4.78, 5) is 12.1. The summed E-state index contributed by atoms with van der Waals surface area (Å²) < 4.78 is 30.6. The molecule has 8 heteroatoms. The van der Waals surface area contributed by atoms with Crippen LogP contribution in [0.5, 0.6) is 0 Å². The summed E-state index contributed by atoms with van der Waals surface area (Å²) >= 11 is 0. The lowest BCUT2D eigenvalue weighted by Gasteiger charge is -2.08. The van der Waals surface area contributed by atoms with Crippen molar-refractivity contribution in [2.24, 2.45) is 5.92 Å². The molecule has 2 heterocycles. The topological polar surface area (TPSA) is 100 Å². The molecule has 1 fully saturated rings. The van der Waals surface area contributed by atoms with Crippen LogP contribution in [0, 0.1) is 12.8 Å². The Balaban J connectivity index is 1.96. The maximum Gasteiger partial charge on any atom is 0.273 e. The van der Waals surface area contributed by atoms with Crippen LogP contribution in [0.2, 0.25) is 0 Å². The zero-order valence-corrected chi connectivity index (χ0v) is 13.0. The second kappa shape index (κ2) is 6.59. The van der Waals surface area contributed by atoms with Crippen LogP contribution in [0.3, 0.4) is 0 Å². The van der Waals surface area contributed by atoms with Gasteiger partial charge in [-0.25, -0.2) is 13.1 Å². The third-order valence-electron chi connectivity index (χ3n) is 3.67. The van der Waals surface area contributed by atoms with Gasteiger partial charge in [0.25, 0.3) is 15.9 Å². The summed E-state index contributed by atoms with van der Waals surface area (Å²) in [6.45, 7) is 4.17. The summed E-state index contributed by atoms with van der Waals surface area (Å²) in [7, 11) is -2.38. The van der Waals surface area contributed by atoms with Crippen LogP contribution < -0.4 is 15.4 Å². The van der Waals surface area contributed by atoms with E-state index in [-0.39, 0.29) is 16.6 Å². The predicted molar refractivity (Wildman–Crippen MR) is 77.6 cm³/mol. The number of amides is 1. The number of rotatable bonds is 6. The Morgan fingerprint density at radius 3 is 2.90 bits per heavy atom. The lowest BCUT2D eigenvalue weighted by Crippen LogP contribution is -2.26. The fourth-order valence-electron chi connectivity index (χ4n) is 2.36. The SMILES string of the molecule is CNS(=O)(=O)c1cc(C(=O)NCCC2CCNC2)c(C)o1. The molecule has 1 amide bonds. The number of furan rings is 1. The lowest BCUT2D eigenvalue weighted by molar-refractivity contribution is 0.0950. The molecule has 1 saturated heterocycles. The Morgan fingerprint density at radius 1 is 1.52 bits per heavy atom. The molecule has 0 radical (unpaired) electrons. The van der Waals surface area contributed by atoms with Crippen molar-refractivity contribution in [2.75, 3.05) is 26.7 Å². The molecule has 0 aromatic carbocycles. The van der Waals surface area contributed by atoms with Crippen molar-refractivity contribution in [3.8, 4) is 0 Å². The number of sulfonamides is 1. The van der Waals surface area contributed by atoms with Gasteiger partial charge in [0.2, 0.25) is 5.09 Å². The van der Waals surface area contributed by atoms with E-state index in [2.05, 4.69) is 15.4 Å². The van der Waals surface area contributed by atoms with Gasteiger partial charge in [-0.3, -0.25) is 4.79 Å². The largest absolute Gasteiger partial charge is 0.448 e. The highest BCUT2D eigenvalue weighted by molar-refractivity contribution is 7.89. The van der Waals surface area contributed by atoms with E-state index in [1.165, 1.54) is 13.1 Å². The van der Waals surface area contributed by atoms with Gasteiger partial charge in [-0.2, -0.15) is 0 Å². The molecule has 1 atom stereocenters. The minimum Gasteiger partial charge on any atom is -0.448 e. The summed E-state index contributed by atoms with van der Waals surface area (Å²) in [5.74, 6) is 0.583. The monoisotopic (exact) mass is 315 g/mol. The van der Waals surface area contributed by atoms with E-state index in [1.807, 2.05) is 0 Å². The quantitative estimate of drug-likeness (QED) is 0.697. The fourth-order valence-corrected chi connectivity index (χ4v) is 3.07. The first-order valence-corrected chi connectivity index (χ1v) is 8.45. The van der Waals surface area contributed by atoms with Crippen molar-refractivity contribution in [3.05, 3.63) is 17.4 Å². The highest BCUT2D eigenvalue weighted by atomic mass is 32.2. The molecule has 1 aliphatic heterocycles. The van der Waals surface area contributed by atoms with Crippen LogP contribution in [0.15, 0.2) is 15.6 Å². The van der Waals surface area contributed by atoms with E-state index < -0.39 is 10.0 Å². The smallest absolute Gasteiger partial charge is 0.273 e. The molecule has 0 spiro atoms. The summed E-state index contributed by atoms with van der Waals surface area (Å²) in [6, 6.07) is 1.26. The molecule has 0 saturated carbocycles. The highest BCUT2D eigenvalue weighted by Gasteiger charge is 2.22.